The van der Waals surface area contributed by atoms with Crippen LogP contribution >= 0.6 is 23.2 Å². The molecule has 0 amide bonds. The number of rotatable bonds is 10. The third kappa shape index (κ3) is 14.5. The molecule has 0 aliphatic heterocycles. The summed E-state index contributed by atoms with van der Waals surface area (Å²) in [4.78, 5) is 0. The van der Waals surface area contributed by atoms with Crippen LogP contribution in [0.1, 0.15) is 58.3 Å². The molecule has 0 N–H and O–H groups in total. The summed E-state index contributed by atoms with van der Waals surface area (Å²) in [7, 11) is 0.799. The standard InChI is InChI=1S/C12H22Cl2Si/c1-2-3-4-5-6-7-8-9-10-15-11-12(13)14/h11H,2-10H2,1H3. The zero-order chi connectivity index (χ0) is 11.4. The molecule has 0 saturated heterocycles. The molecule has 0 bridgehead atoms. The van der Waals surface area contributed by atoms with Gasteiger partial charge in [-0.05, 0) is 0 Å². The van der Waals surface area contributed by atoms with Gasteiger partial charge in [-0.25, -0.2) is 0 Å². The van der Waals surface area contributed by atoms with E-state index in [0.29, 0.717) is 4.49 Å². The minimum Gasteiger partial charge on any atom is -0.0717 e. The van der Waals surface area contributed by atoms with Gasteiger partial charge in [0.05, 0.1) is 14.0 Å². The molecule has 3 heteroatoms. The quantitative estimate of drug-likeness (QED) is 0.360. The van der Waals surface area contributed by atoms with Gasteiger partial charge in [-0.15, -0.1) is 0 Å². The Labute approximate surface area is 107 Å². The highest BCUT2D eigenvalue weighted by atomic mass is 35.5. The summed E-state index contributed by atoms with van der Waals surface area (Å²) in [6, 6.07) is 1.25. The van der Waals surface area contributed by atoms with Crippen molar-refractivity contribution in [3.63, 3.8) is 0 Å². The molecule has 2 radical (unpaired) electrons. The molecule has 0 aromatic heterocycles. The van der Waals surface area contributed by atoms with Crippen molar-refractivity contribution in [3.8, 4) is 0 Å². The van der Waals surface area contributed by atoms with Gasteiger partial charge in [0.2, 0.25) is 0 Å². The predicted octanol–water partition coefficient (Wildman–Crippen LogP) is 5.53. The van der Waals surface area contributed by atoms with Crippen LogP contribution in [0.3, 0.4) is 0 Å². The van der Waals surface area contributed by atoms with Gasteiger partial charge in [0.15, 0.2) is 0 Å². The normalized spacial score (nSPS) is 10.3. The zero-order valence-corrected chi connectivity index (χ0v) is 12.2. The maximum atomic E-state index is 5.52. The van der Waals surface area contributed by atoms with Crippen LogP contribution < -0.4 is 0 Å². The maximum Gasteiger partial charge on any atom is 0.0981 e. The number of halogens is 2. The van der Waals surface area contributed by atoms with Crippen molar-refractivity contribution >= 4 is 32.7 Å². The lowest BCUT2D eigenvalue weighted by Crippen LogP contribution is -1.86. The van der Waals surface area contributed by atoms with Crippen molar-refractivity contribution in [1.82, 2.24) is 0 Å². The maximum absolute atomic E-state index is 5.52. The van der Waals surface area contributed by atoms with Crippen LogP contribution in [0.25, 0.3) is 0 Å². The first-order valence-corrected chi connectivity index (χ1v) is 8.06. The first-order valence-electron chi connectivity index (χ1n) is 6.02. The van der Waals surface area contributed by atoms with Gasteiger partial charge in [0.1, 0.15) is 0 Å². The van der Waals surface area contributed by atoms with Crippen LogP contribution in [-0.4, -0.2) is 9.52 Å². The third-order valence-electron chi connectivity index (χ3n) is 2.39. The van der Waals surface area contributed by atoms with Gasteiger partial charge in [-0.3, -0.25) is 0 Å². The molecule has 0 aromatic rings. The van der Waals surface area contributed by atoms with Crippen LogP contribution in [0, 0.1) is 0 Å². The van der Waals surface area contributed by atoms with Crippen LogP contribution in [0.5, 0.6) is 0 Å². The summed E-state index contributed by atoms with van der Waals surface area (Å²) in [5.74, 6) is 0. The Balaban J connectivity index is 2.96. The molecule has 0 spiro atoms. The van der Waals surface area contributed by atoms with Gasteiger partial charge in [0.25, 0.3) is 0 Å². The van der Waals surface area contributed by atoms with E-state index in [0.717, 1.165) is 9.52 Å². The van der Waals surface area contributed by atoms with E-state index < -0.39 is 0 Å². The first-order chi connectivity index (χ1) is 7.27. The van der Waals surface area contributed by atoms with E-state index in [4.69, 9.17) is 23.2 Å². The average molecular weight is 265 g/mol. The summed E-state index contributed by atoms with van der Waals surface area (Å²) in [6.45, 7) is 2.26. The van der Waals surface area contributed by atoms with E-state index in [1.54, 1.807) is 0 Å². The molecular formula is C12H22Cl2Si. The van der Waals surface area contributed by atoms with Crippen molar-refractivity contribution in [1.29, 1.82) is 0 Å². The molecule has 88 valence electrons. The number of hydrogen-bond acceptors (Lipinski definition) is 0. The third-order valence-corrected chi connectivity index (χ3v) is 4.11. The first kappa shape index (κ1) is 15.5. The van der Waals surface area contributed by atoms with Crippen molar-refractivity contribution < 1.29 is 0 Å². The van der Waals surface area contributed by atoms with Gasteiger partial charge < -0.3 is 0 Å². The average Bonchev–Trinajstić information content (AvgIpc) is 2.20. The Morgan fingerprint density at radius 1 is 0.933 bits per heavy atom. The smallest absolute Gasteiger partial charge is 0.0717 e. The summed E-state index contributed by atoms with van der Waals surface area (Å²) in [5.41, 5.74) is 1.92. The molecule has 0 aromatic carbocycles. The Bertz CT molecular complexity index is 154. The van der Waals surface area contributed by atoms with Crippen LogP contribution in [0.2, 0.25) is 6.04 Å². The second kappa shape index (κ2) is 12.6. The highest BCUT2D eigenvalue weighted by molar-refractivity contribution is 6.60. The second-order valence-electron chi connectivity index (χ2n) is 3.86. The molecule has 0 aliphatic carbocycles. The summed E-state index contributed by atoms with van der Waals surface area (Å²) < 4.78 is 0.424. The lowest BCUT2D eigenvalue weighted by Gasteiger charge is -2.00. The fourth-order valence-corrected chi connectivity index (χ4v) is 2.73. The van der Waals surface area contributed by atoms with E-state index in [2.05, 4.69) is 6.92 Å². The topological polar surface area (TPSA) is 0 Å². The molecule has 15 heavy (non-hydrogen) atoms. The van der Waals surface area contributed by atoms with E-state index in [1.807, 2.05) is 5.70 Å². The summed E-state index contributed by atoms with van der Waals surface area (Å²) in [5, 5.41) is 0. The highest BCUT2D eigenvalue weighted by Crippen LogP contribution is 2.10. The minimum atomic E-state index is 0.424. The van der Waals surface area contributed by atoms with Crippen molar-refractivity contribution in [3.05, 3.63) is 10.2 Å². The molecule has 0 fully saturated rings. The van der Waals surface area contributed by atoms with Crippen molar-refractivity contribution in [2.24, 2.45) is 0 Å². The Morgan fingerprint density at radius 3 is 2.00 bits per heavy atom. The van der Waals surface area contributed by atoms with E-state index in [9.17, 15) is 0 Å². The summed E-state index contributed by atoms with van der Waals surface area (Å²) in [6.07, 6.45) is 11.1. The lowest BCUT2D eigenvalue weighted by atomic mass is 10.1. The lowest BCUT2D eigenvalue weighted by molar-refractivity contribution is 0.585. The van der Waals surface area contributed by atoms with E-state index >= 15 is 0 Å². The van der Waals surface area contributed by atoms with Gasteiger partial charge in [-0.2, -0.15) is 0 Å². The van der Waals surface area contributed by atoms with Crippen LogP contribution in [0.4, 0.5) is 0 Å². The SMILES string of the molecule is CCCCCCCCCC[Si]C=C(Cl)Cl. The molecule has 0 atom stereocenters. The van der Waals surface area contributed by atoms with Crippen molar-refractivity contribution in [2.75, 3.05) is 0 Å². The van der Waals surface area contributed by atoms with Crippen molar-refractivity contribution in [2.45, 2.75) is 64.3 Å². The molecule has 0 heterocycles. The van der Waals surface area contributed by atoms with Gasteiger partial charge in [-0.1, -0.05) is 93.2 Å². The molecule has 0 aliphatic rings. The van der Waals surface area contributed by atoms with Gasteiger partial charge in [0, 0.05) is 0 Å². The van der Waals surface area contributed by atoms with E-state index in [-0.39, 0.29) is 0 Å². The number of unbranched alkanes of at least 4 members (excludes halogenated alkanes) is 7. The molecule has 0 unspecified atom stereocenters. The Morgan fingerprint density at radius 2 is 1.47 bits per heavy atom. The fourth-order valence-electron chi connectivity index (χ4n) is 1.51. The second-order valence-corrected chi connectivity index (χ2v) is 6.07. The Hall–Kier alpha value is 0.537. The fraction of sp³-hybridized carbons (Fsp3) is 0.833. The molecule has 0 nitrogen and oxygen atoms in total. The molecule has 0 saturated carbocycles. The zero-order valence-electron chi connectivity index (χ0n) is 9.70. The minimum absolute atomic E-state index is 0.424. The highest BCUT2D eigenvalue weighted by Gasteiger charge is 1.92. The summed E-state index contributed by atoms with van der Waals surface area (Å²) >= 11 is 11.0. The largest absolute Gasteiger partial charge is 0.0981 e. The molecular weight excluding hydrogens is 243 g/mol. The Kier molecular flexibility index (Phi) is 13.1. The monoisotopic (exact) mass is 264 g/mol. The van der Waals surface area contributed by atoms with Crippen LogP contribution in [0.15, 0.2) is 10.2 Å². The van der Waals surface area contributed by atoms with Crippen LogP contribution in [-0.2, 0) is 0 Å². The van der Waals surface area contributed by atoms with E-state index in [1.165, 1.54) is 57.4 Å². The predicted molar refractivity (Wildman–Crippen MR) is 73.0 cm³/mol. The molecule has 0 rings (SSSR count). The van der Waals surface area contributed by atoms with Gasteiger partial charge >= 0.3 is 0 Å². The number of hydrogen-bond donors (Lipinski definition) is 0.